The van der Waals surface area contributed by atoms with Crippen LogP contribution in [-0.2, 0) is 11.2 Å². The molecule has 0 fully saturated rings. The second-order valence-corrected chi connectivity index (χ2v) is 8.87. The van der Waals surface area contributed by atoms with E-state index in [4.69, 9.17) is 23.2 Å². The van der Waals surface area contributed by atoms with Crippen LogP contribution in [0.3, 0.4) is 0 Å². The van der Waals surface area contributed by atoms with Gasteiger partial charge in [-0.1, -0.05) is 29.3 Å². The van der Waals surface area contributed by atoms with Gasteiger partial charge in [0.2, 0.25) is 5.95 Å². The van der Waals surface area contributed by atoms with Crippen molar-refractivity contribution in [3.05, 3.63) is 64.3 Å². The van der Waals surface area contributed by atoms with Crippen molar-refractivity contribution in [3.63, 3.8) is 0 Å². The van der Waals surface area contributed by atoms with E-state index < -0.39 is 11.2 Å². The lowest BCUT2D eigenvalue weighted by Gasteiger charge is -2.35. The van der Waals surface area contributed by atoms with Crippen molar-refractivity contribution < 1.29 is 9.35 Å². The Labute approximate surface area is 186 Å². The molecule has 0 bridgehead atoms. The first kappa shape index (κ1) is 20.7. The fourth-order valence-corrected chi connectivity index (χ4v) is 4.26. The molecular formula is C20H17Cl2N5O2S. The topological polar surface area (TPSA) is 84.4 Å². The minimum atomic E-state index is -1.04. The molecule has 4 rings (SSSR count). The molecule has 1 N–H and O–H groups in total. The number of para-hydroxylation sites is 1. The first-order valence-electron chi connectivity index (χ1n) is 8.89. The summed E-state index contributed by atoms with van der Waals surface area (Å²) in [5.74, 6) is 0.575. The number of halogens is 2. The molecule has 2 heterocycles. The van der Waals surface area contributed by atoms with E-state index in [1.54, 1.807) is 48.7 Å². The van der Waals surface area contributed by atoms with E-state index in [1.807, 2.05) is 11.9 Å². The normalized spacial score (nSPS) is 14.5. The number of nitrogens with zero attached hydrogens (tertiary/aromatic N) is 4. The van der Waals surface area contributed by atoms with Crippen LogP contribution in [0.4, 0.5) is 23.1 Å². The fraction of sp³-hybridized carbons (Fsp3) is 0.150. The van der Waals surface area contributed by atoms with Gasteiger partial charge in [-0.15, -0.1) is 0 Å². The lowest BCUT2D eigenvalue weighted by atomic mass is 10.2. The van der Waals surface area contributed by atoms with Gasteiger partial charge in [0.25, 0.3) is 5.91 Å². The van der Waals surface area contributed by atoms with Gasteiger partial charge in [0, 0.05) is 18.9 Å². The molecule has 0 radical (unpaired) electrons. The van der Waals surface area contributed by atoms with Gasteiger partial charge in [0.1, 0.15) is 17.6 Å². The van der Waals surface area contributed by atoms with E-state index >= 15 is 0 Å². The Morgan fingerprint density at radius 2 is 1.80 bits per heavy atom. The number of carbonyl (C=O) groups is 1. The maximum atomic E-state index is 13.1. The van der Waals surface area contributed by atoms with Crippen molar-refractivity contribution in [2.75, 3.05) is 35.1 Å². The molecule has 1 atom stereocenters. The highest BCUT2D eigenvalue weighted by atomic mass is 35.5. The second kappa shape index (κ2) is 8.31. The van der Waals surface area contributed by atoms with Crippen molar-refractivity contribution in [1.29, 1.82) is 0 Å². The maximum Gasteiger partial charge on any atom is 0.265 e. The summed E-state index contributed by atoms with van der Waals surface area (Å²) >= 11 is 11.5. The average Bonchev–Trinajstić information content (AvgIpc) is 2.72. The van der Waals surface area contributed by atoms with Crippen LogP contribution in [0.2, 0.25) is 10.0 Å². The Balaban J connectivity index is 1.62. The van der Waals surface area contributed by atoms with Gasteiger partial charge in [-0.2, -0.15) is 4.98 Å². The Kier molecular flexibility index (Phi) is 5.75. The zero-order valence-electron chi connectivity index (χ0n) is 16.1. The highest BCUT2D eigenvalue weighted by Gasteiger charge is 2.32. The predicted octanol–water partition coefficient (Wildman–Crippen LogP) is 4.32. The first-order valence-corrected chi connectivity index (χ1v) is 11.2. The number of nitrogens with one attached hydrogen (secondary N) is 1. The van der Waals surface area contributed by atoms with Gasteiger partial charge >= 0.3 is 0 Å². The van der Waals surface area contributed by atoms with Gasteiger partial charge in [-0.3, -0.25) is 9.69 Å². The van der Waals surface area contributed by atoms with Gasteiger partial charge < -0.3 is 14.8 Å². The molecule has 7 nitrogen and oxygen atoms in total. The molecule has 2 aromatic carbocycles. The van der Waals surface area contributed by atoms with E-state index in [-0.39, 0.29) is 12.6 Å². The number of aromatic nitrogens is 2. The van der Waals surface area contributed by atoms with E-state index in [9.17, 15) is 9.35 Å². The third-order valence-corrected chi connectivity index (χ3v) is 6.16. The SMILES string of the molecule is CN1CN(c2c(Cl)cccc2Cl)C(=O)c2cnc(Nc3ccc([S+](C)[O-])cc3)nc21. The van der Waals surface area contributed by atoms with Crippen molar-refractivity contribution >= 4 is 63.4 Å². The van der Waals surface area contributed by atoms with Gasteiger partial charge in [0.05, 0.1) is 22.4 Å². The third kappa shape index (κ3) is 3.91. The number of hydrogen-bond acceptors (Lipinski definition) is 6. The van der Waals surface area contributed by atoms with Gasteiger partial charge in [0.15, 0.2) is 4.90 Å². The van der Waals surface area contributed by atoms with Crippen molar-refractivity contribution in [1.82, 2.24) is 9.97 Å². The van der Waals surface area contributed by atoms with Crippen LogP contribution in [0, 0.1) is 0 Å². The van der Waals surface area contributed by atoms with Crippen LogP contribution in [0.1, 0.15) is 10.4 Å². The molecule has 3 aromatic rings. The lowest BCUT2D eigenvalue weighted by Crippen LogP contribution is -2.46. The average molecular weight is 462 g/mol. The van der Waals surface area contributed by atoms with Crippen LogP contribution in [0.5, 0.6) is 0 Å². The Morgan fingerprint density at radius 1 is 1.13 bits per heavy atom. The van der Waals surface area contributed by atoms with Crippen molar-refractivity contribution in [2.24, 2.45) is 0 Å². The van der Waals surface area contributed by atoms with Crippen LogP contribution in [-0.4, -0.2) is 40.4 Å². The number of anilines is 4. The summed E-state index contributed by atoms with van der Waals surface area (Å²) in [7, 11) is 1.82. The molecule has 30 heavy (non-hydrogen) atoms. The summed E-state index contributed by atoms with van der Waals surface area (Å²) in [5.41, 5.74) is 1.55. The molecule has 10 heteroatoms. The third-order valence-electron chi connectivity index (χ3n) is 4.61. The number of fused-ring (bicyclic) bond motifs is 1. The van der Waals surface area contributed by atoms with E-state index in [1.165, 1.54) is 11.1 Å². The number of rotatable bonds is 4. The van der Waals surface area contributed by atoms with Crippen molar-refractivity contribution in [2.45, 2.75) is 4.90 Å². The summed E-state index contributed by atoms with van der Waals surface area (Å²) in [6.45, 7) is 0.239. The monoisotopic (exact) mass is 461 g/mol. The highest BCUT2D eigenvalue weighted by Crippen LogP contribution is 2.37. The minimum Gasteiger partial charge on any atom is -0.612 e. The quantitative estimate of drug-likeness (QED) is 0.582. The van der Waals surface area contributed by atoms with E-state index in [0.29, 0.717) is 33.1 Å². The maximum absolute atomic E-state index is 13.1. The molecule has 1 aliphatic heterocycles. The molecule has 0 saturated carbocycles. The van der Waals surface area contributed by atoms with Crippen LogP contribution < -0.4 is 15.1 Å². The van der Waals surface area contributed by atoms with Crippen LogP contribution in [0.25, 0.3) is 0 Å². The molecule has 0 spiro atoms. The standard InChI is InChI=1S/C20H17Cl2N5O2S/c1-26-11-27(17-15(21)4-3-5-16(17)22)19(28)14-10-23-20(25-18(14)26)24-12-6-8-13(9-7-12)30(2)29/h3-10H,11H2,1-2H3,(H,23,24,25). The molecule has 1 unspecified atom stereocenters. The summed E-state index contributed by atoms with van der Waals surface area (Å²) in [6.07, 6.45) is 3.11. The summed E-state index contributed by atoms with van der Waals surface area (Å²) in [5, 5.41) is 3.89. The molecule has 0 saturated heterocycles. The molecule has 1 aromatic heterocycles. The van der Waals surface area contributed by atoms with Crippen LogP contribution >= 0.6 is 23.2 Å². The summed E-state index contributed by atoms with van der Waals surface area (Å²) < 4.78 is 11.5. The van der Waals surface area contributed by atoms with Crippen molar-refractivity contribution in [3.8, 4) is 0 Å². The minimum absolute atomic E-state index is 0.239. The molecule has 1 amide bonds. The Hall–Kier alpha value is -2.52. The Bertz CT molecular complexity index is 1090. The van der Waals surface area contributed by atoms with Crippen LogP contribution in [0.15, 0.2) is 53.6 Å². The molecular weight excluding hydrogens is 445 g/mol. The number of hydrogen-bond donors (Lipinski definition) is 1. The second-order valence-electron chi connectivity index (χ2n) is 6.68. The van der Waals surface area contributed by atoms with E-state index in [0.717, 1.165) is 10.6 Å². The lowest BCUT2D eigenvalue weighted by molar-refractivity contribution is 0.0982. The molecule has 154 valence electrons. The van der Waals surface area contributed by atoms with Gasteiger partial charge in [-0.05, 0) is 47.6 Å². The fourth-order valence-electron chi connectivity index (χ4n) is 3.14. The largest absolute Gasteiger partial charge is 0.612 e. The zero-order valence-corrected chi connectivity index (χ0v) is 18.4. The first-order chi connectivity index (χ1) is 14.3. The number of amides is 1. The number of benzene rings is 2. The predicted molar refractivity (Wildman–Crippen MR) is 121 cm³/mol. The highest BCUT2D eigenvalue weighted by molar-refractivity contribution is 7.90. The van der Waals surface area contributed by atoms with Gasteiger partial charge in [-0.25, -0.2) is 4.98 Å². The molecule has 1 aliphatic rings. The zero-order chi connectivity index (χ0) is 21.4. The smallest absolute Gasteiger partial charge is 0.265 e. The molecule has 0 aliphatic carbocycles. The van der Waals surface area contributed by atoms with E-state index in [2.05, 4.69) is 15.3 Å². The Morgan fingerprint density at radius 3 is 2.43 bits per heavy atom. The summed E-state index contributed by atoms with van der Waals surface area (Å²) in [6, 6.07) is 12.3. The number of carbonyl (C=O) groups excluding carboxylic acids is 1. The summed E-state index contributed by atoms with van der Waals surface area (Å²) in [4.78, 5) is 25.9.